The van der Waals surface area contributed by atoms with E-state index in [1.807, 2.05) is 6.07 Å². The molecule has 1 aliphatic heterocycles. The number of ether oxygens (including phenoxy) is 1. The second-order valence-electron chi connectivity index (χ2n) is 6.08. The third kappa shape index (κ3) is 4.48. The fourth-order valence-electron chi connectivity index (χ4n) is 2.80. The maximum atomic E-state index is 12.5. The number of benzene rings is 1. The van der Waals surface area contributed by atoms with Crippen molar-refractivity contribution < 1.29 is 19.1 Å². The molecule has 3 rings (SSSR count). The number of carbonyl (C=O) groups is 3. The molecule has 2 N–H and O–H groups in total. The molecule has 9 heteroatoms. The van der Waals surface area contributed by atoms with E-state index in [0.29, 0.717) is 23.7 Å². The van der Waals surface area contributed by atoms with Gasteiger partial charge in [-0.05, 0) is 25.5 Å². The second-order valence-corrected chi connectivity index (χ2v) is 7.03. The molecule has 0 unspecified atom stereocenters. The van der Waals surface area contributed by atoms with Gasteiger partial charge >= 0.3 is 5.97 Å². The predicted octanol–water partition coefficient (Wildman–Crippen LogP) is 2.34. The maximum Gasteiger partial charge on any atom is 0.343 e. The summed E-state index contributed by atoms with van der Waals surface area (Å²) in [5.41, 5.74) is 7.13. The highest BCUT2D eigenvalue weighted by molar-refractivity contribution is 7.99. The van der Waals surface area contributed by atoms with Gasteiger partial charge < -0.3 is 15.4 Å². The van der Waals surface area contributed by atoms with E-state index in [1.165, 1.54) is 6.20 Å². The fourth-order valence-corrected chi connectivity index (χ4v) is 3.51. The van der Waals surface area contributed by atoms with E-state index in [2.05, 4.69) is 9.97 Å². The number of hydrogen-bond acceptors (Lipinski definition) is 8. The molecule has 1 amide bonds. The molecular weight excluding hydrogens is 380 g/mol. The van der Waals surface area contributed by atoms with E-state index in [1.54, 1.807) is 30.0 Å². The molecule has 2 aromatic rings. The number of hydrogen-bond donors (Lipinski definition) is 1. The summed E-state index contributed by atoms with van der Waals surface area (Å²) in [6.45, 7) is 2.59. The predicted molar refractivity (Wildman–Crippen MR) is 105 cm³/mol. The molecule has 0 spiro atoms. The highest BCUT2D eigenvalue weighted by Crippen LogP contribution is 2.24. The largest absolute Gasteiger partial charge is 0.462 e. The molecule has 1 aromatic carbocycles. The molecule has 0 aliphatic carbocycles. The Hall–Kier alpha value is -2.94. The van der Waals surface area contributed by atoms with E-state index in [-0.39, 0.29) is 35.4 Å². The summed E-state index contributed by atoms with van der Waals surface area (Å²) < 4.78 is 4.88. The van der Waals surface area contributed by atoms with Crippen molar-refractivity contribution in [2.75, 3.05) is 29.5 Å². The number of aromatic nitrogens is 2. The lowest BCUT2D eigenvalue weighted by Gasteiger charge is -2.16. The first-order valence-corrected chi connectivity index (χ1v) is 9.84. The number of thioether (sulfide) groups is 1. The fraction of sp³-hybridized carbons (Fsp3) is 0.316. The van der Waals surface area contributed by atoms with Gasteiger partial charge in [0.2, 0.25) is 5.91 Å². The van der Waals surface area contributed by atoms with Crippen LogP contribution in [0.1, 0.15) is 40.5 Å². The molecule has 0 bridgehead atoms. The van der Waals surface area contributed by atoms with Gasteiger partial charge in [0.25, 0.3) is 0 Å². The van der Waals surface area contributed by atoms with Crippen LogP contribution >= 0.6 is 11.8 Å². The lowest BCUT2D eigenvalue weighted by Crippen LogP contribution is -2.23. The summed E-state index contributed by atoms with van der Waals surface area (Å²) >= 11 is 1.13. The van der Waals surface area contributed by atoms with Crippen molar-refractivity contribution in [3.8, 4) is 0 Å². The van der Waals surface area contributed by atoms with Gasteiger partial charge in [-0.1, -0.05) is 23.9 Å². The van der Waals surface area contributed by atoms with Gasteiger partial charge in [0.1, 0.15) is 11.4 Å². The zero-order valence-electron chi connectivity index (χ0n) is 15.4. The van der Waals surface area contributed by atoms with Crippen LogP contribution in [0, 0.1) is 0 Å². The number of Topliss-reactive ketones (excluding diaryl/α,β-unsaturated/α-hetero) is 1. The van der Waals surface area contributed by atoms with Gasteiger partial charge in [-0.3, -0.25) is 9.59 Å². The molecule has 1 aromatic heterocycles. The molecule has 1 fully saturated rings. The SMILES string of the molecule is CCOC(=O)c1cnc(SCC(=O)c2cccc(N3CCCC3=O)c2)nc1N. The number of nitrogen functional groups attached to an aromatic ring is 1. The number of esters is 1. The summed E-state index contributed by atoms with van der Waals surface area (Å²) in [5.74, 6) is -0.506. The van der Waals surface area contributed by atoms with Gasteiger partial charge in [0.15, 0.2) is 10.9 Å². The molecular formula is C19H20N4O4S. The zero-order chi connectivity index (χ0) is 20.1. The van der Waals surface area contributed by atoms with Crippen molar-refractivity contribution in [2.24, 2.45) is 0 Å². The molecule has 1 aliphatic rings. The van der Waals surface area contributed by atoms with Gasteiger partial charge in [-0.25, -0.2) is 14.8 Å². The van der Waals surface area contributed by atoms with Gasteiger partial charge in [0.05, 0.1) is 12.4 Å². The van der Waals surface area contributed by atoms with Crippen LogP contribution in [0.15, 0.2) is 35.6 Å². The number of carbonyl (C=O) groups excluding carboxylic acids is 3. The van der Waals surface area contributed by atoms with Crippen LogP contribution in [-0.2, 0) is 9.53 Å². The first kappa shape index (κ1) is 19.8. The van der Waals surface area contributed by atoms with Crippen molar-refractivity contribution in [1.29, 1.82) is 0 Å². The topological polar surface area (TPSA) is 115 Å². The Morgan fingerprint density at radius 1 is 1.36 bits per heavy atom. The molecule has 8 nitrogen and oxygen atoms in total. The summed E-state index contributed by atoms with van der Waals surface area (Å²) in [5, 5.41) is 0.296. The number of rotatable bonds is 7. The molecule has 0 atom stereocenters. The molecule has 28 heavy (non-hydrogen) atoms. The Morgan fingerprint density at radius 3 is 2.86 bits per heavy atom. The number of amides is 1. The normalized spacial score (nSPS) is 13.6. The lowest BCUT2D eigenvalue weighted by atomic mass is 10.1. The first-order chi connectivity index (χ1) is 13.5. The van der Waals surface area contributed by atoms with E-state index < -0.39 is 5.97 Å². The summed E-state index contributed by atoms with van der Waals surface area (Å²) in [4.78, 5) is 46.0. The minimum absolute atomic E-state index is 0.0120. The third-order valence-corrected chi connectivity index (χ3v) is 5.04. The highest BCUT2D eigenvalue weighted by Gasteiger charge is 2.22. The lowest BCUT2D eigenvalue weighted by molar-refractivity contribution is -0.117. The van der Waals surface area contributed by atoms with Crippen LogP contribution in [0.4, 0.5) is 11.5 Å². The van der Waals surface area contributed by atoms with Crippen molar-refractivity contribution in [3.63, 3.8) is 0 Å². The second kappa shape index (κ2) is 8.83. The molecule has 0 radical (unpaired) electrons. The van der Waals surface area contributed by atoms with Crippen LogP contribution in [0.3, 0.4) is 0 Å². The Balaban J connectivity index is 1.65. The van der Waals surface area contributed by atoms with Crippen molar-refractivity contribution in [3.05, 3.63) is 41.6 Å². The van der Waals surface area contributed by atoms with Crippen LogP contribution in [0.5, 0.6) is 0 Å². The zero-order valence-corrected chi connectivity index (χ0v) is 16.2. The summed E-state index contributed by atoms with van der Waals surface area (Å²) in [6.07, 6.45) is 2.66. The number of nitrogens with zero attached hydrogens (tertiary/aromatic N) is 3. The van der Waals surface area contributed by atoms with Crippen LogP contribution in [-0.4, -0.2) is 46.5 Å². The smallest absolute Gasteiger partial charge is 0.343 e. The number of nitrogens with two attached hydrogens (primary N) is 1. The Bertz CT molecular complexity index is 919. The van der Waals surface area contributed by atoms with Crippen molar-refractivity contribution in [2.45, 2.75) is 24.9 Å². The van der Waals surface area contributed by atoms with E-state index in [0.717, 1.165) is 23.9 Å². The quantitative estimate of drug-likeness (QED) is 0.326. The third-order valence-electron chi connectivity index (χ3n) is 4.18. The Morgan fingerprint density at radius 2 is 2.18 bits per heavy atom. The molecule has 1 saturated heterocycles. The van der Waals surface area contributed by atoms with E-state index in [9.17, 15) is 14.4 Å². The average molecular weight is 400 g/mol. The molecule has 0 saturated carbocycles. The van der Waals surface area contributed by atoms with Gasteiger partial charge in [-0.15, -0.1) is 0 Å². The minimum Gasteiger partial charge on any atom is -0.462 e. The average Bonchev–Trinajstić information content (AvgIpc) is 3.12. The van der Waals surface area contributed by atoms with Crippen molar-refractivity contribution >= 4 is 40.9 Å². The molecule has 2 heterocycles. The van der Waals surface area contributed by atoms with Crippen LogP contribution < -0.4 is 10.6 Å². The van der Waals surface area contributed by atoms with Gasteiger partial charge in [0, 0.05) is 30.4 Å². The summed E-state index contributed by atoms with van der Waals surface area (Å²) in [6, 6.07) is 7.03. The van der Waals surface area contributed by atoms with Crippen LogP contribution in [0.2, 0.25) is 0 Å². The maximum absolute atomic E-state index is 12.5. The number of ketones is 1. The van der Waals surface area contributed by atoms with Gasteiger partial charge in [-0.2, -0.15) is 0 Å². The van der Waals surface area contributed by atoms with Crippen molar-refractivity contribution in [1.82, 2.24) is 9.97 Å². The summed E-state index contributed by atoms with van der Waals surface area (Å²) in [7, 11) is 0. The molecule has 146 valence electrons. The Labute approximate surface area is 166 Å². The van der Waals surface area contributed by atoms with E-state index >= 15 is 0 Å². The first-order valence-electron chi connectivity index (χ1n) is 8.85. The minimum atomic E-state index is -0.582. The standard InChI is InChI=1S/C19H20N4O4S/c1-2-27-18(26)14-10-21-19(22-17(14)20)28-11-15(24)12-5-3-6-13(9-12)23-8-4-7-16(23)25/h3,5-6,9-10H,2,4,7-8,11H2,1H3,(H2,20,21,22). The number of anilines is 2. The van der Waals surface area contributed by atoms with Crippen LogP contribution in [0.25, 0.3) is 0 Å². The highest BCUT2D eigenvalue weighted by atomic mass is 32.2. The monoisotopic (exact) mass is 400 g/mol. The Kier molecular flexibility index (Phi) is 6.25. The van der Waals surface area contributed by atoms with E-state index in [4.69, 9.17) is 10.5 Å².